The number of thiazole rings is 1. The number of pyridine rings is 1. The summed E-state index contributed by atoms with van der Waals surface area (Å²) in [6, 6.07) is 7.37. The molecule has 0 spiro atoms. The Morgan fingerprint density at radius 1 is 1.08 bits per heavy atom. The second-order valence-corrected chi connectivity index (χ2v) is 7.60. The fourth-order valence-corrected chi connectivity index (χ4v) is 3.85. The molecule has 0 N–H and O–H groups in total. The first-order valence-corrected chi connectivity index (χ1v) is 9.03. The number of aryl methyl sites for hydroxylation is 1. The summed E-state index contributed by atoms with van der Waals surface area (Å²) in [5, 5.41) is 9.23. The number of nitrogens with zero attached hydrogens (tertiary/aromatic N) is 4. The summed E-state index contributed by atoms with van der Waals surface area (Å²) in [5.74, 6) is -0.146. The van der Waals surface area contributed by atoms with Gasteiger partial charge in [0.15, 0.2) is 5.65 Å². The molecule has 1 aromatic carbocycles. The summed E-state index contributed by atoms with van der Waals surface area (Å²) in [7, 11) is 0. The Bertz CT molecular complexity index is 1110. The predicted octanol–water partition coefficient (Wildman–Crippen LogP) is 5.23. The van der Waals surface area contributed by atoms with E-state index in [0.29, 0.717) is 11.3 Å². The van der Waals surface area contributed by atoms with Crippen molar-refractivity contribution in [2.75, 3.05) is 0 Å². The van der Waals surface area contributed by atoms with E-state index in [1.54, 1.807) is 0 Å². The first-order chi connectivity index (χ1) is 12.4. The SMILES string of the molecule is Cc1nc(-c2ccc(F)cc2F)c(-c2ccc3nnc(C(C)C)n3c2)s1. The van der Waals surface area contributed by atoms with Crippen LogP contribution in [0.5, 0.6) is 0 Å². The molecule has 3 aromatic heterocycles. The zero-order chi connectivity index (χ0) is 18.4. The molecule has 0 saturated carbocycles. The van der Waals surface area contributed by atoms with E-state index in [9.17, 15) is 8.78 Å². The predicted molar refractivity (Wildman–Crippen MR) is 98.3 cm³/mol. The smallest absolute Gasteiger partial charge is 0.160 e. The summed E-state index contributed by atoms with van der Waals surface area (Å²) in [5.41, 5.74) is 2.46. The average Bonchev–Trinajstić information content (AvgIpc) is 3.17. The highest BCUT2D eigenvalue weighted by Gasteiger charge is 2.18. The van der Waals surface area contributed by atoms with Crippen molar-refractivity contribution in [3.63, 3.8) is 0 Å². The minimum absolute atomic E-state index is 0.220. The lowest BCUT2D eigenvalue weighted by atomic mass is 10.1. The highest BCUT2D eigenvalue weighted by atomic mass is 32.1. The molecular weight excluding hydrogens is 354 g/mol. The molecule has 132 valence electrons. The van der Waals surface area contributed by atoms with E-state index < -0.39 is 11.6 Å². The minimum atomic E-state index is -0.621. The van der Waals surface area contributed by atoms with Gasteiger partial charge in [-0.15, -0.1) is 21.5 Å². The highest BCUT2D eigenvalue weighted by molar-refractivity contribution is 7.15. The van der Waals surface area contributed by atoms with Crippen LogP contribution in [0.4, 0.5) is 8.78 Å². The van der Waals surface area contributed by atoms with Crippen molar-refractivity contribution in [3.05, 3.63) is 59.0 Å². The summed E-state index contributed by atoms with van der Waals surface area (Å²) in [6.45, 7) is 5.98. The first kappa shape index (κ1) is 16.8. The van der Waals surface area contributed by atoms with Crippen molar-refractivity contribution >= 4 is 17.0 Å². The second kappa shape index (κ2) is 6.25. The van der Waals surface area contributed by atoms with E-state index in [1.165, 1.54) is 23.5 Å². The van der Waals surface area contributed by atoms with E-state index >= 15 is 0 Å². The maximum absolute atomic E-state index is 14.3. The third kappa shape index (κ3) is 2.78. The number of hydrogen-bond donors (Lipinski definition) is 0. The molecule has 0 bridgehead atoms. The number of hydrogen-bond acceptors (Lipinski definition) is 4. The molecule has 0 atom stereocenters. The molecule has 0 unspecified atom stereocenters. The molecule has 0 radical (unpaired) electrons. The maximum Gasteiger partial charge on any atom is 0.160 e. The summed E-state index contributed by atoms with van der Waals surface area (Å²) in [4.78, 5) is 5.32. The summed E-state index contributed by atoms with van der Waals surface area (Å²) < 4.78 is 29.5. The van der Waals surface area contributed by atoms with Gasteiger partial charge >= 0.3 is 0 Å². The van der Waals surface area contributed by atoms with Gasteiger partial charge < -0.3 is 0 Å². The highest BCUT2D eigenvalue weighted by Crippen LogP contribution is 2.38. The van der Waals surface area contributed by atoms with Crippen molar-refractivity contribution in [1.29, 1.82) is 0 Å². The van der Waals surface area contributed by atoms with Crippen LogP contribution in [0.3, 0.4) is 0 Å². The molecule has 0 aliphatic rings. The van der Waals surface area contributed by atoms with Gasteiger partial charge in [0.1, 0.15) is 17.5 Å². The van der Waals surface area contributed by atoms with Crippen LogP contribution < -0.4 is 0 Å². The Hall–Kier alpha value is -2.67. The minimum Gasteiger partial charge on any atom is -0.286 e. The van der Waals surface area contributed by atoms with Crippen LogP contribution in [-0.4, -0.2) is 19.6 Å². The van der Waals surface area contributed by atoms with Crippen molar-refractivity contribution < 1.29 is 8.78 Å². The average molecular weight is 370 g/mol. The van der Waals surface area contributed by atoms with Gasteiger partial charge in [0.05, 0.1) is 15.6 Å². The van der Waals surface area contributed by atoms with Crippen molar-refractivity contribution in [1.82, 2.24) is 19.6 Å². The van der Waals surface area contributed by atoms with E-state index in [1.807, 2.05) is 29.7 Å². The lowest BCUT2D eigenvalue weighted by Crippen LogP contribution is -1.97. The summed E-state index contributed by atoms with van der Waals surface area (Å²) in [6.07, 6.45) is 1.95. The Morgan fingerprint density at radius 2 is 1.88 bits per heavy atom. The molecular formula is C19H16F2N4S. The molecule has 0 aliphatic carbocycles. The largest absolute Gasteiger partial charge is 0.286 e. The van der Waals surface area contributed by atoms with Crippen molar-refractivity contribution in [3.8, 4) is 21.7 Å². The molecule has 26 heavy (non-hydrogen) atoms. The van der Waals surface area contributed by atoms with Gasteiger partial charge in [0.25, 0.3) is 0 Å². The van der Waals surface area contributed by atoms with Gasteiger partial charge in [-0.2, -0.15) is 0 Å². The van der Waals surface area contributed by atoms with Crippen LogP contribution in [0.2, 0.25) is 0 Å². The van der Waals surface area contributed by atoms with Crippen molar-refractivity contribution in [2.45, 2.75) is 26.7 Å². The Kier molecular flexibility index (Phi) is 4.03. The molecule has 4 aromatic rings. The number of halogens is 2. The van der Waals surface area contributed by atoms with Crippen LogP contribution in [0.25, 0.3) is 27.3 Å². The fraction of sp³-hybridized carbons (Fsp3) is 0.211. The lowest BCUT2D eigenvalue weighted by molar-refractivity contribution is 0.585. The monoisotopic (exact) mass is 370 g/mol. The third-order valence-electron chi connectivity index (χ3n) is 4.13. The first-order valence-electron chi connectivity index (χ1n) is 8.22. The standard InChI is InChI=1S/C19H16F2N4S/c1-10(2)19-24-23-16-7-4-12(9-25(16)19)18-17(22-11(3)26-18)14-6-5-13(20)8-15(14)21/h4-10H,1-3H3. The molecule has 0 aliphatic heterocycles. The van der Waals surface area contributed by atoms with Gasteiger partial charge in [-0.25, -0.2) is 13.8 Å². The van der Waals surface area contributed by atoms with E-state index in [-0.39, 0.29) is 5.92 Å². The van der Waals surface area contributed by atoms with Gasteiger partial charge in [-0.3, -0.25) is 4.40 Å². The van der Waals surface area contributed by atoms with E-state index in [4.69, 9.17) is 0 Å². The zero-order valence-corrected chi connectivity index (χ0v) is 15.3. The molecule has 0 saturated heterocycles. The Balaban J connectivity index is 1.91. The zero-order valence-electron chi connectivity index (χ0n) is 14.5. The van der Waals surface area contributed by atoms with Crippen LogP contribution in [0, 0.1) is 18.6 Å². The topological polar surface area (TPSA) is 43.1 Å². The Morgan fingerprint density at radius 3 is 2.62 bits per heavy atom. The van der Waals surface area contributed by atoms with Crippen LogP contribution in [-0.2, 0) is 0 Å². The maximum atomic E-state index is 14.3. The molecule has 0 fully saturated rings. The second-order valence-electron chi connectivity index (χ2n) is 6.39. The van der Waals surface area contributed by atoms with E-state index in [0.717, 1.165) is 33.0 Å². The quantitative estimate of drug-likeness (QED) is 0.496. The van der Waals surface area contributed by atoms with Crippen LogP contribution in [0.1, 0.15) is 30.6 Å². The van der Waals surface area contributed by atoms with Crippen molar-refractivity contribution in [2.24, 2.45) is 0 Å². The van der Waals surface area contributed by atoms with Gasteiger partial charge in [0, 0.05) is 29.3 Å². The summed E-state index contributed by atoms with van der Waals surface area (Å²) >= 11 is 1.47. The molecule has 4 nitrogen and oxygen atoms in total. The van der Waals surface area contributed by atoms with Gasteiger partial charge in [-0.1, -0.05) is 13.8 Å². The molecule has 3 heterocycles. The number of rotatable bonds is 3. The molecule has 7 heteroatoms. The number of fused-ring (bicyclic) bond motifs is 1. The number of aromatic nitrogens is 4. The van der Waals surface area contributed by atoms with Gasteiger partial charge in [0.2, 0.25) is 0 Å². The Labute approximate surface area is 153 Å². The number of benzene rings is 1. The van der Waals surface area contributed by atoms with E-state index in [2.05, 4.69) is 29.0 Å². The normalized spacial score (nSPS) is 11.6. The van der Waals surface area contributed by atoms with Gasteiger partial charge in [-0.05, 0) is 31.2 Å². The van der Waals surface area contributed by atoms with Crippen LogP contribution in [0.15, 0.2) is 36.5 Å². The third-order valence-corrected chi connectivity index (χ3v) is 5.15. The lowest BCUT2D eigenvalue weighted by Gasteiger charge is -2.07. The molecule has 0 amide bonds. The van der Waals surface area contributed by atoms with Crippen LogP contribution >= 0.6 is 11.3 Å². The molecule has 4 rings (SSSR count). The fourth-order valence-electron chi connectivity index (χ4n) is 2.92.